The molecule has 0 radical (unpaired) electrons. The molecule has 0 saturated heterocycles. The summed E-state index contributed by atoms with van der Waals surface area (Å²) in [7, 11) is 1.78. The molecule has 1 aromatic heterocycles. The Morgan fingerprint density at radius 1 is 1.22 bits per heavy atom. The first kappa shape index (κ1) is 12.4. The summed E-state index contributed by atoms with van der Waals surface area (Å²) < 4.78 is 0. The number of nitro benzene ring substituents is 1. The zero-order chi connectivity index (χ0) is 13.0. The summed E-state index contributed by atoms with van der Waals surface area (Å²) in [6, 6.07) is 12.2. The minimum absolute atomic E-state index is 0.0964. The molecular weight excluding hydrogens is 250 g/mol. The number of hydrogen-bond acceptors (Lipinski definition) is 5. The van der Waals surface area contributed by atoms with Crippen molar-refractivity contribution < 1.29 is 4.92 Å². The van der Waals surface area contributed by atoms with Crippen LogP contribution in [-0.2, 0) is 0 Å². The molecule has 1 heterocycles. The molecule has 2 aromatic rings. The second-order valence-corrected chi connectivity index (χ2v) is 4.50. The van der Waals surface area contributed by atoms with Gasteiger partial charge in [0.15, 0.2) is 0 Å². The molecule has 0 unspecified atom stereocenters. The van der Waals surface area contributed by atoms with Gasteiger partial charge in [0.05, 0.1) is 9.82 Å². The third-order valence-electron chi connectivity index (χ3n) is 2.26. The van der Waals surface area contributed by atoms with Gasteiger partial charge in [-0.1, -0.05) is 30.0 Å². The summed E-state index contributed by atoms with van der Waals surface area (Å²) in [5, 5.41) is 14.5. The first-order valence-electron chi connectivity index (χ1n) is 5.27. The molecule has 92 valence electrons. The van der Waals surface area contributed by atoms with E-state index in [1.54, 1.807) is 25.2 Å². The minimum Gasteiger partial charge on any atom is -0.373 e. The molecule has 18 heavy (non-hydrogen) atoms. The topological polar surface area (TPSA) is 68.1 Å². The Morgan fingerprint density at radius 2 is 2.00 bits per heavy atom. The molecule has 1 N–H and O–H groups in total. The molecule has 0 aliphatic carbocycles. The first-order valence-corrected chi connectivity index (χ1v) is 6.08. The molecule has 0 aliphatic rings. The Bertz CT molecular complexity index is 575. The largest absolute Gasteiger partial charge is 0.373 e. The van der Waals surface area contributed by atoms with E-state index < -0.39 is 0 Å². The highest BCUT2D eigenvalue weighted by atomic mass is 32.2. The fraction of sp³-hybridized carbons (Fsp3) is 0.0833. The number of pyridine rings is 1. The van der Waals surface area contributed by atoms with Gasteiger partial charge in [-0.15, -0.1) is 0 Å². The highest BCUT2D eigenvalue weighted by Gasteiger charge is 2.13. The number of para-hydroxylation sites is 1. The van der Waals surface area contributed by atoms with Crippen molar-refractivity contribution in [3.05, 3.63) is 52.6 Å². The van der Waals surface area contributed by atoms with E-state index in [2.05, 4.69) is 10.3 Å². The summed E-state index contributed by atoms with van der Waals surface area (Å²) in [5.74, 6) is 0.735. The number of anilines is 1. The summed E-state index contributed by atoms with van der Waals surface area (Å²) in [5.41, 5.74) is 0.0964. The van der Waals surface area contributed by atoms with Gasteiger partial charge >= 0.3 is 0 Å². The van der Waals surface area contributed by atoms with Crippen LogP contribution in [0.25, 0.3) is 0 Å². The standard InChI is InChI=1S/C12H11N3O2S/c1-13-11-7-4-8-12(14-11)18-10-6-3-2-5-9(10)15(16)17/h2-8H,1H3,(H,13,14). The van der Waals surface area contributed by atoms with Gasteiger partial charge in [0, 0.05) is 13.1 Å². The van der Waals surface area contributed by atoms with Gasteiger partial charge < -0.3 is 5.32 Å². The normalized spacial score (nSPS) is 10.1. The van der Waals surface area contributed by atoms with Gasteiger partial charge in [0.25, 0.3) is 5.69 Å². The van der Waals surface area contributed by atoms with Gasteiger partial charge in [-0.2, -0.15) is 0 Å². The Kier molecular flexibility index (Phi) is 3.78. The van der Waals surface area contributed by atoms with E-state index in [1.165, 1.54) is 17.8 Å². The maximum Gasteiger partial charge on any atom is 0.283 e. The van der Waals surface area contributed by atoms with Crippen molar-refractivity contribution >= 4 is 23.3 Å². The lowest BCUT2D eigenvalue weighted by atomic mass is 10.3. The van der Waals surface area contributed by atoms with E-state index in [0.29, 0.717) is 4.90 Å². The number of aromatic nitrogens is 1. The highest BCUT2D eigenvalue weighted by molar-refractivity contribution is 7.99. The first-order chi connectivity index (χ1) is 8.70. The Morgan fingerprint density at radius 3 is 2.72 bits per heavy atom. The Labute approximate surface area is 108 Å². The fourth-order valence-electron chi connectivity index (χ4n) is 1.42. The minimum atomic E-state index is -0.385. The van der Waals surface area contributed by atoms with Crippen LogP contribution in [0.2, 0.25) is 0 Å². The van der Waals surface area contributed by atoms with Crippen molar-refractivity contribution in [3.8, 4) is 0 Å². The van der Waals surface area contributed by atoms with Crippen molar-refractivity contribution in [3.63, 3.8) is 0 Å². The molecule has 0 fully saturated rings. The average molecular weight is 261 g/mol. The molecular formula is C12H11N3O2S. The van der Waals surface area contributed by atoms with Crippen molar-refractivity contribution in [1.82, 2.24) is 4.98 Å². The van der Waals surface area contributed by atoms with Crippen LogP contribution in [0.3, 0.4) is 0 Å². The van der Waals surface area contributed by atoms with E-state index >= 15 is 0 Å². The number of rotatable bonds is 4. The number of hydrogen-bond donors (Lipinski definition) is 1. The average Bonchev–Trinajstić information content (AvgIpc) is 2.39. The van der Waals surface area contributed by atoms with Crippen LogP contribution in [0.15, 0.2) is 52.4 Å². The van der Waals surface area contributed by atoms with Crippen LogP contribution in [0.1, 0.15) is 0 Å². The van der Waals surface area contributed by atoms with E-state index in [-0.39, 0.29) is 10.6 Å². The maximum absolute atomic E-state index is 10.9. The van der Waals surface area contributed by atoms with Crippen LogP contribution in [0.5, 0.6) is 0 Å². The van der Waals surface area contributed by atoms with Gasteiger partial charge in [-0.25, -0.2) is 4.98 Å². The van der Waals surface area contributed by atoms with Gasteiger partial charge in [0.1, 0.15) is 10.8 Å². The molecule has 5 nitrogen and oxygen atoms in total. The highest BCUT2D eigenvalue weighted by Crippen LogP contribution is 2.33. The quantitative estimate of drug-likeness (QED) is 0.676. The molecule has 0 spiro atoms. The third kappa shape index (κ3) is 2.78. The van der Waals surface area contributed by atoms with Gasteiger partial charge in [0.2, 0.25) is 0 Å². The lowest BCUT2D eigenvalue weighted by molar-refractivity contribution is -0.387. The summed E-state index contributed by atoms with van der Waals surface area (Å²) >= 11 is 1.28. The van der Waals surface area contributed by atoms with Crippen molar-refractivity contribution in [2.45, 2.75) is 9.92 Å². The summed E-state index contributed by atoms with van der Waals surface area (Å²) in [6.07, 6.45) is 0. The zero-order valence-electron chi connectivity index (χ0n) is 9.66. The molecule has 0 bridgehead atoms. The fourth-order valence-corrected chi connectivity index (χ4v) is 2.33. The smallest absolute Gasteiger partial charge is 0.283 e. The number of nitrogens with one attached hydrogen (secondary N) is 1. The molecule has 2 rings (SSSR count). The van der Waals surface area contributed by atoms with E-state index in [9.17, 15) is 10.1 Å². The van der Waals surface area contributed by atoms with Gasteiger partial charge in [-0.3, -0.25) is 10.1 Å². The second-order valence-electron chi connectivity index (χ2n) is 3.44. The number of benzene rings is 1. The zero-order valence-corrected chi connectivity index (χ0v) is 10.5. The SMILES string of the molecule is CNc1cccc(Sc2ccccc2[N+](=O)[O-])n1. The summed E-state index contributed by atoms with van der Waals surface area (Å²) in [4.78, 5) is 15.4. The lowest BCUT2D eigenvalue weighted by Crippen LogP contribution is -1.93. The van der Waals surface area contributed by atoms with Crippen molar-refractivity contribution in [1.29, 1.82) is 0 Å². The van der Waals surface area contributed by atoms with E-state index in [0.717, 1.165) is 10.8 Å². The molecule has 0 saturated carbocycles. The molecule has 0 amide bonds. The third-order valence-corrected chi connectivity index (χ3v) is 3.26. The van der Waals surface area contributed by atoms with Crippen LogP contribution in [0, 0.1) is 10.1 Å². The second kappa shape index (κ2) is 5.50. The monoisotopic (exact) mass is 261 g/mol. The van der Waals surface area contributed by atoms with Gasteiger partial charge in [-0.05, 0) is 18.2 Å². The molecule has 1 aromatic carbocycles. The number of nitrogens with zero attached hydrogens (tertiary/aromatic N) is 2. The van der Waals surface area contributed by atoms with Crippen LogP contribution >= 0.6 is 11.8 Å². The van der Waals surface area contributed by atoms with E-state index in [4.69, 9.17) is 0 Å². The summed E-state index contributed by atoms with van der Waals surface area (Å²) in [6.45, 7) is 0. The van der Waals surface area contributed by atoms with Crippen molar-refractivity contribution in [2.24, 2.45) is 0 Å². The number of nitro groups is 1. The van der Waals surface area contributed by atoms with Crippen LogP contribution in [0.4, 0.5) is 11.5 Å². The molecule has 0 atom stereocenters. The van der Waals surface area contributed by atoms with Crippen LogP contribution in [-0.4, -0.2) is 17.0 Å². The Balaban J connectivity index is 2.31. The lowest BCUT2D eigenvalue weighted by Gasteiger charge is -2.04. The van der Waals surface area contributed by atoms with Crippen LogP contribution < -0.4 is 5.32 Å². The van der Waals surface area contributed by atoms with Crippen molar-refractivity contribution in [2.75, 3.05) is 12.4 Å². The Hall–Kier alpha value is -2.08. The predicted molar refractivity (Wildman–Crippen MR) is 71.0 cm³/mol. The van der Waals surface area contributed by atoms with E-state index in [1.807, 2.05) is 18.2 Å². The molecule has 6 heteroatoms. The maximum atomic E-state index is 10.9. The predicted octanol–water partition coefficient (Wildman–Crippen LogP) is 3.18. The molecule has 0 aliphatic heterocycles.